The molecule has 0 radical (unpaired) electrons. The lowest BCUT2D eigenvalue weighted by Crippen LogP contribution is -2.17. The molecule has 1 aromatic heterocycles. The molecule has 0 bridgehead atoms. The fourth-order valence-corrected chi connectivity index (χ4v) is 3.01. The maximum Gasteiger partial charge on any atom is 0.264 e. The first-order valence-corrected chi connectivity index (χ1v) is 8.90. The van der Waals surface area contributed by atoms with Crippen molar-refractivity contribution >= 4 is 27.6 Å². The van der Waals surface area contributed by atoms with E-state index in [1.54, 1.807) is 24.3 Å². The Bertz CT molecular complexity index is 1030. The zero-order valence-electron chi connectivity index (χ0n) is 13.3. The van der Waals surface area contributed by atoms with E-state index < -0.39 is 21.7 Å². The molecule has 0 saturated heterocycles. The molecule has 26 heavy (non-hydrogen) atoms. The second-order valence-corrected chi connectivity index (χ2v) is 6.83. The SMILES string of the molecule is O=C(Nc1ccccc1F)c1cnc(NS(=O)(=O)c2ccccc2)nc1. The van der Waals surface area contributed by atoms with Gasteiger partial charge in [0.2, 0.25) is 5.95 Å². The predicted octanol–water partition coefficient (Wildman–Crippen LogP) is 2.67. The van der Waals surface area contributed by atoms with Gasteiger partial charge in [-0.2, -0.15) is 0 Å². The summed E-state index contributed by atoms with van der Waals surface area (Å²) in [5.74, 6) is -1.38. The van der Waals surface area contributed by atoms with Gasteiger partial charge in [-0.05, 0) is 24.3 Å². The maximum atomic E-state index is 13.6. The number of nitrogens with one attached hydrogen (secondary N) is 2. The van der Waals surface area contributed by atoms with Crippen LogP contribution >= 0.6 is 0 Å². The second kappa shape index (κ2) is 7.28. The summed E-state index contributed by atoms with van der Waals surface area (Å²) in [6, 6.07) is 13.4. The number of nitrogens with zero attached hydrogens (tertiary/aromatic N) is 2. The van der Waals surface area contributed by atoms with Gasteiger partial charge < -0.3 is 5.32 Å². The van der Waals surface area contributed by atoms with Crippen LogP contribution in [-0.2, 0) is 10.0 Å². The summed E-state index contributed by atoms with van der Waals surface area (Å²) in [5, 5.41) is 2.39. The fourth-order valence-electron chi connectivity index (χ4n) is 2.03. The molecule has 0 atom stereocenters. The van der Waals surface area contributed by atoms with E-state index >= 15 is 0 Å². The van der Waals surface area contributed by atoms with Crippen LogP contribution in [-0.4, -0.2) is 24.3 Å². The van der Waals surface area contributed by atoms with Gasteiger partial charge in [0.1, 0.15) is 5.82 Å². The zero-order chi connectivity index (χ0) is 18.6. The lowest BCUT2D eigenvalue weighted by molar-refractivity contribution is 0.102. The molecule has 132 valence electrons. The number of para-hydroxylation sites is 1. The Kier molecular flexibility index (Phi) is 4.90. The van der Waals surface area contributed by atoms with E-state index in [-0.39, 0.29) is 22.1 Å². The summed E-state index contributed by atoms with van der Waals surface area (Å²) in [6.45, 7) is 0. The third-order valence-corrected chi connectivity index (χ3v) is 4.66. The first kappa shape index (κ1) is 17.5. The summed E-state index contributed by atoms with van der Waals surface area (Å²) < 4.78 is 40.1. The van der Waals surface area contributed by atoms with Crippen molar-refractivity contribution in [3.8, 4) is 0 Å². The number of carbonyl (C=O) groups excluding carboxylic acids is 1. The van der Waals surface area contributed by atoms with Gasteiger partial charge in [0, 0.05) is 12.4 Å². The first-order chi connectivity index (χ1) is 12.5. The first-order valence-electron chi connectivity index (χ1n) is 7.41. The molecule has 3 aromatic rings. The summed E-state index contributed by atoms with van der Waals surface area (Å²) in [4.78, 5) is 19.8. The largest absolute Gasteiger partial charge is 0.319 e. The van der Waals surface area contributed by atoms with Gasteiger partial charge in [0.15, 0.2) is 0 Å². The van der Waals surface area contributed by atoms with Crippen molar-refractivity contribution in [2.75, 3.05) is 10.0 Å². The van der Waals surface area contributed by atoms with Crippen molar-refractivity contribution in [3.05, 3.63) is 78.4 Å². The van der Waals surface area contributed by atoms with Crippen molar-refractivity contribution in [1.82, 2.24) is 9.97 Å². The third-order valence-electron chi connectivity index (χ3n) is 3.32. The van der Waals surface area contributed by atoms with E-state index in [0.717, 1.165) is 12.4 Å². The van der Waals surface area contributed by atoms with Gasteiger partial charge in [0.05, 0.1) is 16.1 Å². The number of hydrogen-bond acceptors (Lipinski definition) is 5. The normalized spacial score (nSPS) is 11.0. The predicted molar refractivity (Wildman–Crippen MR) is 93.6 cm³/mol. The topological polar surface area (TPSA) is 101 Å². The molecule has 0 aliphatic rings. The van der Waals surface area contributed by atoms with E-state index in [4.69, 9.17) is 0 Å². The minimum Gasteiger partial charge on any atom is -0.319 e. The number of amides is 1. The van der Waals surface area contributed by atoms with Crippen molar-refractivity contribution in [2.45, 2.75) is 4.90 Å². The molecule has 3 rings (SSSR count). The number of carbonyl (C=O) groups is 1. The number of rotatable bonds is 5. The lowest BCUT2D eigenvalue weighted by atomic mass is 10.2. The zero-order valence-corrected chi connectivity index (χ0v) is 14.1. The van der Waals surface area contributed by atoms with Crippen LogP contribution in [0.15, 0.2) is 71.9 Å². The Labute approximate surface area is 149 Å². The molecule has 1 heterocycles. The Morgan fingerprint density at radius 3 is 2.19 bits per heavy atom. The van der Waals surface area contributed by atoms with Gasteiger partial charge in [-0.3, -0.25) is 4.79 Å². The van der Waals surface area contributed by atoms with Crippen LogP contribution in [0, 0.1) is 5.82 Å². The second-order valence-electron chi connectivity index (χ2n) is 5.15. The highest BCUT2D eigenvalue weighted by molar-refractivity contribution is 7.92. The van der Waals surface area contributed by atoms with Crippen molar-refractivity contribution in [3.63, 3.8) is 0 Å². The Morgan fingerprint density at radius 2 is 1.54 bits per heavy atom. The van der Waals surface area contributed by atoms with Crippen LogP contribution in [0.2, 0.25) is 0 Å². The molecular weight excluding hydrogens is 359 g/mol. The molecule has 0 aliphatic heterocycles. The fraction of sp³-hybridized carbons (Fsp3) is 0. The quantitative estimate of drug-likeness (QED) is 0.717. The van der Waals surface area contributed by atoms with Crippen molar-refractivity contribution in [2.24, 2.45) is 0 Å². The lowest BCUT2D eigenvalue weighted by Gasteiger charge is -2.08. The smallest absolute Gasteiger partial charge is 0.264 e. The molecule has 9 heteroatoms. The van der Waals surface area contributed by atoms with Gasteiger partial charge >= 0.3 is 0 Å². The highest BCUT2D eigenvalue weighted by Gasteiger charge is 2.16. The monoisotopic (exact) mass is 372 g/mol. The van der Waals surface area contributed by atoms with Crippen LogP contribution in [0.5, 0.6) is 0 Å². The molecule has 2 aromatic carbocycles. The van der Waals surface area contributed by atoms with Crippen LogP contribution in [0.25, 0.3) is 0 Å². The van der Waals surface area contributed by atoms with Gasteiger partial charge in [-0.25, -0.2) is 27.5 Å². The van der Waals surface area contributed by atoms with E-state index in [1.807, 2.05) is 0 Å². The third kappa shape index (κ3) is 4.01. The van der Waals surface area contributed by atoms with E-state index in [9.17, 15) is 17.6 Å². The Hall–Kier alpha value is -3.33. The van der Waals surface area contributed by atoms with Gasteiger partial charge in [-0.1, -0.05) is 30.3 Å². The summed E-state index contributed by atoms with van der Waals surface area (Å²) >= 11 is 0. The number of halogens is 1. The number of sulfonamides is 1. The van der Waals surface area contributed by atoms with Crippen LogP contribution in [0.3, 0.4) is 0 Å². The van der Waals surface area contributed by atoms with Crippen LogP contribution in [0.1, 0.15) is 10.4 Å². The highest BCUT2D eigenvalue weighted by atomic mass is 32.2. The maximum absolute atomic E-state index is 13.6. The molecule has 0 unspecified atom stereocenters. The standard InChI is InChI=1S/C17H13FN4O3S/c18-14-8-4-5-9-15(14)21-16(23)12-10-19-17(20-11-12)22-26(24,25)13-6-2-1-3-7-13/h1-11H,(H,21,23)(H,19,20,22). The molecule has 7 nitrogen and oxygen atoms in total. The van der Waals surface area contributed by atoms with Crippen LogP contribution < -0.4 is 10.0 Å². The highest BCUT2D eigenvalue weighted by Crippen LogP contribution is 2.15. The average molecular weight is 372 g/mol. The van der Waals surface area contributed by atoms with Crippen molar-refractivity contribution in [1.29, 1.82) is 0 Å². The van der Waals surface area contributed by atoms with E-state index in [1.165, 1.54) is 30.3 Å². The molecule has 0 saturated carbocycles. The summed E-state index contributed by atoms with van der Waals surface area (Å²) in [5.41, 5.74) is 0.0715. The molecule has 2 N–H and O–H groups in total. The molecule has 0 aliphatic carbocycles. The summed E-state index contributed by atoms with van der Waals surface area (Å²) in [7, 11) is -3.83. The Morgan fingerprint density at radius 1 is 0.923 bits per heavy atom. The van der Waals surface area contributed by atoms with Gasteiger partial charge in [0.25, 0.3) is 15.9 Å². The summed E-state index contributed by atoms with van der Waals surface area (Å²) in [6.07, 6.45) is 2.29. The molecule has 1 amide bonds. The van der Waals surface area contributed by atoms with E-state index in [2.05, 4.69) is 20.0 Å². The molecule has 0 spiro atoms. The Balaban J connectivity index is 1.72. The number of hydrogen-bond donors (Lipinski definition) is 2. The number of aromatic nitrogens is 2. The van der Waals surface area contributed by atoms with Gasteiger partial charge in [-0.15, -0.1) is 0 Å². The molecular formula is C17H13FN4O3S. The molecule has 0 fully saturated rings. The van der Waals surface area contributed by atoms with E-state index in [0.29, 0.717) is 0 Å². The minimum absolute atomic E-state index is 0.0198. The van der Waals surface area contributed by atoms with Crippen molar-refractivity contribution < 1.29 is 17.6 Å². The number of benzene rings is 2. The number of anilines is 2. The van der Waals surface area contributed by atoms with Crippen LogP contribution in [0.4, 0.5) is 16.0 Å². The minimum atomic E-state index is -3.83. The average Bonchev–Trinajstić information content (AvgIpc) is 2.64.